The minimum Gasteiger partial charge on any atom is -0.467 e. The maximum Gasteiger partial charge on any atom is 0.408 e. The highest BCUT2D eigenvalue weighted by molar-refractivity contribution is 5.87. The van der Waals surface area contributed by atoms with Crippen molar-refractivity contribution in [1.29, 1.82) is 0 Å². The van der Waals surface area contributed by atoms with E-state index in [4.69, 9.17) is 4.74 Å². The standard InChI is InChI=1S/C11H19NO4/c1-10(2,3)11(8(13)16-4)6-5-7-12(11)9(14)15/h5-7H2,1-4H3,(H,14,15)/t11-/m1/s1. The van der Waals surface area contributed by atoms with Crippen molar-refractivity contribution in [3.05, 3.63) is 0 Å². The van der Waals surface area contributed by atoms with Gasteiger partial charge in [0.05, 0.1) is 7.11 Å². The van der Waals surface area contributed by atoms with E-state index in [2.05, 4.69) is 0 Å². The molecule has 5 nitrogen and oxygen atoms in total. The molecule has 1 saturated heterocycles. The average molecular weight is 229 g/mol. The van der Waals surface area contributed by atoms with Crippen LogP contribution in [-0.2, 0) is 9.53 Å². The Morgan fingerprint density at radius 2 is 1.94 bits per heavy atom. The molecule has 0 aromatic heterocycles. The molecule has 1 atom stereocenters. The van der Waals surface area contributed by atoms with Gasteiger partial charge in [-0.2, -0.15) is 0 Å². The Morgan fingerprint density at radius 3 is 2.31 bits per heavy atom. The SMILES string of the molecule is COC(=O)[C@@]1(C(C)(C)C)CCCN1C(=O)O. The minimum absolute atomic E-state index is 0.391. The number of amides is 1. The second-order valence-electron chi connectivity index (χ2n) is 5.14. The van der Waals surface area contributed by atoms with Crippen molar-refractivity contribution < 1.29 is 19.4 Å². The van der Waals surface area contributed by atoms with E-state index in [9.17, 15) is 14.7 Å². The molecule has 0 unspecified atom stereocenters. The predicted octanol–water partition coefficient (Wildman–Crippen LogP) is 1.72. The second kappa shape index (κ2) is 3.96. The molecule has 0 saturated carbocycles. The highest BCUT2D eigenvalue weighted by atomic mass is 16.5. The van der Waals surface area contributed by atoms with Crippen LogP contribution < -0.4 is 0 Å². The van der Waals surface area contributed by atoms with E-state index in [1.54, 1.807) is 0 Å². The van der Waals surface area contributed by atoms with Crippen LogP contribution in [0.15, 0.2) is 0 Å². The van der Waals surface area contributed by atoms with Crippen molar-refractivity contribution in [2.24, 2.45) is 5.41 Å². The number of ether oxygens (including phenoxy) is 1. The van der Waals surface area contributed by atoms with Crippen molar-refractivity contribution in [3.63, 3.8) is 0 Å². The summed E-state index contributed by atoms with van der Waals surface area (Å²) in [4.78, 5) is 24.4. The third-order valence-corrected chi connectivity index (χ3v) is 3.38. The van der Waals surface area contributed by atoms with Gasteiger partial charge < -0.3 is 9.84 Å². The molecular weight excluding hydrogens is 210 g/mol. The average Bonchev–Trinajstić information content (AvgIpc) is 2.60. The summed E-state index contributed by atoms with van der Waals surface area (Å²) in [7, 11) is 1.30. The molecule has 0 bridgehead atoms. The first-order chi connectivity index (χ1) is 7.27. The van der Waals surface area contributed by atoms with Gasteiger partial charge >= 0.3 is 12.1 Å². The molecule has 92 valence electrons. The molecule has 1 amide bonds. The number of carbonyl (C=O) groups is 2. The molecule has 0 aromatic carbocycles. The second-order valence-corrected chi connectivity index (χ2v) is 5.14. The summed E-state index contributed by atoms with van der Waals surface area (Å²) in [6.07, 6.45) is 0.159. The molecule has 0 aliphatic carbocycles. The Morgan fingerprint density at radius 1 is 1.38 bits per heavy atom. The smallest absolute Gasteiger partial charge is 0.408 e. The Kier molecular flexibility index (Phi) is 3.17. The van der Waals surface area contributed by atoms with Crippen LogP contribution in [0.1, 0.15) is 33.6 Å². The molecule has 1 rings (SSSR count). The van der Waals surface area contributed by atoms with Gasteiger partial charge in [0.2, 0.25) is 0 Å². The summed E-state index contributed by atoms with van der Waals surface area (Å²) < 4.78 is 4.80. The van der Waals surface area contributed by atoms with E-state index < -0.39 is 23.0 Å². The number of carbonyl (C=O) groups excluding carboxylic acids is 1. The predicted molar refractivity (Wildman–Crippen MR) is 58.2 cm³/mol. The number of methoxy groups -OCH3 is 1. The molecule has 16 heavy (non-hydrogen) atoms. The van der Waals surface area contributed by atoms with Crippen LogP contribution in [0.2, 0.25) is 0 Å². The topological polar surface area (TPSA) is 66.8 Å². The maximum atomic E-state index is 12.0. The first-order valence-electron chi connectivity index (χ1n) is 5.36. The Balaban J connectivity index is 3.24. The van der Waals surface area contributed by atoms with Crippen LogP contribution in [0.5, 0.6) is 0 Å². The van der Waals surface area contributed by atoms with Crippen LogP contribution >= 0.6 is 0 Å². The summed E-state index contributed by atoms with van der Waals surface area (Å²) in [5.74, 6) is -0.458. The molecule has 1 fully saturated rings. The minimum atomic E-state index is -1.06. The third-order valence-electron chi connectivity index (χ3n) is 3.38. The van der Waals surface area contributed by atoms with Gasteiger partial charge in [0.15, 0.2) is 0 Å². The van der Waals surface area contributed by atoms with Gasteiger partial charge in [0.1, 0.15) is 5.54 Å². The van der Waals surface area contributed by atoms with E-state index >= 15 is 0 Å². The van der Waals surface area contributed by atoms with E-state index in [1.807, 2.05) is 20.8 Å². The van der Waals surface area contributed by atoms with Gasteiger partial charge in [0, 0.05) is 6.54 Å². The lowest BCUT2D eigenvalue weighted by molar-refractivity contribution is -0.159. The van der Waals surface area contributed by atoms with Crippen LogP contribution in [0.3, 0.4) is 0 Å². The molecule has 1 aliphatic heterocycles. The Labute approximate surface area is 95.4 Å². The molecule has 0 aromatic rings. The lowest BCUT2D eigenvalue weighted by atomic mass is 9.72. The zero-order valence-corrected chi connectivity index (χ0v) is 10.2. The van der Waals surface area contributed by atoms with Gasteiger partial charge in [-0.3, -0.25) is 4.90 Å². The van der Waals surface area contributed by atoms with E-state index in [0.717, 1.165) is 0 Å². The first-order valence-corrected chi connectivity index (χ1v) is 5.36. The van der Waals surface area contributed by atoms with Crippen LogP contribution in [0.4, 0.5) is 4.79 Å². The van der Waals surface area contributed by atoms with Gasteiger partial charge in [-0.25, -0.2) is 9.59 Å². The zero-order chi connectivity index (χ0) is 12.6. The van der Waals surface area contributed by atoms with Gasteiger partial charge in [0.25, 0.3) is 0 Å². The highest BCUT2D eigenvalue weighted by Crippen LogP contribution is 2.44. The summed E-state index contributed by atoms with van der Waals surface area (Å²) in [5.41, 5.74) is -1.53. The van der Waals surface area contributed by atoms with Crippen LogP contribution in [0, 0.1) is 5.41 Å². The van der Waals surface area contributed by atoms with Crippen molar-refractivity contribution in [2.45, 2.75) is 39.2 Å². The van der Waals surface area contributed by atoms with Crippen LogP contribution in [0.25, 0.3) is 0 Å². The molecule has 1 N–H and O–H groups in total. The van der Waals surface area contributed by atoms with Crippen molar-refractivity contribution in [3.8, 4) is 0 Å². The molecule has 0 spiro atoms. The number of carboxylic acid groups (broad SMARTS) is 1. The summed E-state index contributed by atoms with van der Waals surface area (Å²) in [5, 5.41) is 9.17. The lowest BCUT2D eigenvalue weighted by Gasteiger charge is -2.44. The molecule has 1 heterocycles. The fourth-order valence-electron chi connectivity index (χ4n) is 2.54. The summed E-state index contributed by atoms with van der Waals surface area (Å²) >= 11 is 0. The summed E-state index contributed by atoms with van der Waals surface area (Å²) in [6.45, 7) is 5.99. The number of likely N-dealkylation sites (tertiary alicyclic amines) is 1. The number of hydrogen-bond acceptors (Lipinski definition) is 3. The van der Waals surface area contributed by atoms with E-state index in [-0.39, 0.29) is 0 Å². The van der Waals surface area contributed by atoms with E-state index in [0.29, 0.717) is 19.4 Å². The lowest BCUT2D eigenvalue weighted by Crippen LogP contribution is -2.60. The number of hydrogen-bond donors (Lipinski definition) is 1. The Bertz CT molecular complexity index is 308. The molecular formula is C11H19NO4. The quantitative estimate of drug-likeness (QED) is 0.695. The Hall–Kier alpha value is -1.26. The van der Waals surface area contributed by atoms with Gasteiger partial charge in [-0.05, 0) is 18.3 Å². The fraction of sp³-hybridized carbons (Fsp3) is 0.818. The highest BCUT2D eigenvalue weighted by Gasteiger charge is 2.58. The van der Waals surface area contributed by atoms with Crippen LogP contribution in [-0.4, -0.2) is 41.3 Å². The van der Waals surface area contributed by atoms with Crippen molar-refractivity contribution in [1.82, 2.24) is 4.90 Å². The number of esters is 1. The fourth-order valence-corrected chi connectivity index (χ4v) is 2.54. The molecule has 5 heteroatoms. The molecule has 1 aliphatic rings. The van der Waals surface area contributed by atoms with Crippen molar-refractivity contribution in [2.75, 3.05) is 13.7 Å². The summed E-state index contributed by atoms with van der Waals surface area (Å²) in [6, 6.07) is 0. The number of nitrogens with zero attached hydrogens (tertiary/aromatic N) is 1. The van der Waals surface area contributed by atoms with Crippen molar-refractivity contribution >= 4 is 12.1 Å². The normalized spacial score (nSPS) is 25.6. The first kappa shape index (κ1) is 12.8. The zero-order valence-electron chi connectivity index (χ0n) is 10.2. The molecule has 0 radical (unpaired) electrons. The van der Waals surface area contributed by atoms with Gasteiger partial charge in [-0.1, -0.05) is 20.8 Å². The third kappa shape index (κ3) is 1.64. The van der Waals surface area contributed by atoms with E-state index in [1.165, 1.54) is 12.0 Å². The largest absolute Gasteiger partial charge is 0.467 e. The maximum absolute atomic E-state index is 12.0. The monoisotopic (exact) mass is 229 g/mol. The van der Waals surface area contributed by atoms with Gasteiger partial charge in [-0.15, -0.1) is 0 Å². The number of rotatable bonds is 1.